The molecular formula is C15H23N3O4S. The van der Waals surface area contributed by atoms with Gasteiger partial charge in [-0.3, -0.25) is 13.9 Å². The van der Waals surface area contributed by atoms with Crippen molar-refractivity contribution in [2.24, 2.45) is 5.92 Å². The van der Waals surface area contributed by atoms with E-state index in [9.17, 15) is 18.0 Å². The quantitative estimate of drug-likeness (QED) is 0.778. The molecule has 0 aliphatic heterocycles. The molecule has 0 saturated carbocycles. The zero-order chi connectivity index (χ0) is 17.6. The highest BCUT2D eigenvalue weighted by molar-refractivity contribution is 7.92. The summed E-state index contributed by atoms with van der Waals surface area (Å²) in [6.45, 7) is 5.49. The Morgan fingerprint density at radius 3 is 2.17 bits per heavy atom. The molecule has 1 aromatic carbocycles. The van der Waals surface area contributed by atoms with E-state index in [0.717, 1.165) is 10.6 Å². The number of benzene rings is 1. The Kier molecular flexibility index (Phi) is 6.56. The molecule has 0 bridgehead atoms. The van der Waals surface area contributed by atoms with Crippen molar-refractivity contribution in [2.75, 3.05) is 29.0 Å². The number of nitrogens with one attached hydrogen (secondary N) is 2. The van der Waals surface area contributed by atoms with Crippen molar-refractivity contribution in [1.29, 1.82) is 0 Å². The molecule has 8 heteroatoms. The summed E-state index contributed by atoms with van der Waals surface area (Å²) in [6, 6.07) is 6.26. The Morgan fingerprint density at radius 2 is 1.74 bits per heavy atom. The highest BCUT2D eigenvalue weighted by atomic mass is 32.2. The number of anilines is 2. The van der Waals surface area contributed by atoms with Crippen LogP contribution < -0.4 is 14.9 Å². The van der Waals surface area contributed by atoms with Crippen molar-refractivity contribution in [3.05, 3.63) is 24.3 Å². The minimum Gasteiger partial charge on any atom is -0.354 e. The monoisotopic (exact) mass is 341 g/mol. The molecule has 0 radical (unpaired) electrons. The van der Waals surface area contributed by atoms with Crippen molar-refractivity contribution < 1.29 is 18.0 Å². The van der Waals surface area contributed by atoms with E-state index in [4.69, 9.17) is 0 Å². The van der Waals surface area contributed by atoms with Crippen molar-refractivity contribution in [3.8, 4) is 0 Å². The Hall–Kier alpha value is -2.09. The van der Waals surface area contributed by atoms with Crippen LogP contribution >= 0.6 is 0 Å². The predicted molar refractivity (Wildman–Crippen MR) is 90.8 cm³/mol. The Labute approximate surface area is 137 Å². The summed E-state index contributed by atoms with van der Waals surface area (Å²) in [5.41, 5.74) is 0.917. The first-order chi connectivity index (χ1) is 10.6. The van der Waals surface area contributed by atoms with Gasteiger partial charge in [0.2, 0.25) is 21.8 Å². The third-order valence-electron chi connectivity index (χ3n) is 2.87. The molecule has 128 valence electrons. The van der Waals surface area contributed by atoms with E-state index in [1.165, 1.54) is 6.92 Å². The lowest BCUT2D eigenvalue weighted by Gasteiger charge is -2.22. The van der Waals surface area contributed by atoms with E-state index in [2.05, 4.69) is 10.6 Å². The fourth-order valence-electron chi connectivity index (χ4n) is 1.82. The fraction of sp³-hybridized carbons (Fsp3) is 0.467. The van der Waals surface area contributed by atoms with E-state index in [-0.39, 0.29) is 24.3 Å². The van der Waals surface area contributed by atoms with Gasteiger partial charge in [0.05, 0.1) is 11.9 Å². The van der Waals surface area contributed by atoms with E-state index in [1.807, 2.05) is 13.8 Å². The van der Waals surface area contributed by atoms with Crippen molar-refractivity contribution in [2.45, 2.75) is 20.8 Å². The number of rotatable bonds is 7. The molecule has 0 aliphatic rings. The van der Waals surface area contributed by atoms with Crippen LogP contribution in [0.1, 0.15) is 20.8 Å². The number of sulfonamides is 1. The zero-order valence-corrected chi connectivity index (χ0v) is 14.6. The number of amides is 2. The third-order valence-corrected chi connectivity index (χ3v) is 4.01. The van der Waals surface area contributed by atoms with Gasteiger partial charge in [-0.15, -0.1) is 0 Å². The van der Waals surface area contributed by atoms with E-state index < -0.39 is 10.0 Å². The second-order valence-corrected chi connectivity index (χ2v) is 7.60. The van der Waals surface area contributed by atoms with Gasteiger partial charge in [-0.05, 0) is 30.2 Å². The normalized spacial score (nSPS) is 11.2. The van der Waals surface area contributed by atoms with Crippen LogP contribution in [-0.2, 0) is 19.6 Å². The first-order valence-corrected chi connectivity index (χ1v) is 9.06. The van der Waals surface area contributed by atoms with Gasteiger partial charge in [-0.25, -0.2) is 8.42 Å². The van der Waals surface area contributed by atoms with Gasteiger partial charge in [-0.2, -0.15) is 0 Å². The molecule has 2 N–H and O–H groups in total. The predicted octanol–water partition coefficient (Wildman–Crippen LogP) is 1.18. The first-order valence-electron chi connectivity index (χ1n) is 7.21. The van der Waals surface area contributed by atoms with E-state index >= 15 is 0 Å². The maximum Gasteiger partial charge on any atom is 0.240 e. The van der Waals surface area contributed by atoms with Crippen LogP contribution in [0.15, 0.2) is 24.3 Å². The van der Waals surface area contributed by atoms with Gasteiger partial charge >= 0.3 is 0 Å². The van der Waals surface area contributed by atoms with Gasteiger partial charge < -0.3 is 10.6 Å². The molecular weight excluding hydrogens is 318 g/mol. The Balaban J connectivity index is 2.90. The molecule has 0 aliphatic carbocycles. The summed E-state index contributed by atoms with van der Waals surface area (Å²) < 4.78 is 24.9. The van der Waals surface area contributed by atoms with Crippen LogP contribution in [-0.4, -0.2) is 39.6 Å². The number of carbonyl (C=O) groups excluding carboxylic acids is 2. The van der Waals surface area contributed by atoms with Crippen LogP contribution in [0.25, 0.3) is 0 Å². The summed E-state index contributed by atoms with van der Waals surface area (Å²) in [5.74, 6) is -0.302. The Morgan fingerprint density at radius 1 is 1.17 bits per heavy atom. The summed E-state index contributed by atoms with van der Waals surface area (Å²) in [5, 5.41) is 5.29. The molecule has 0 unspecified atom stereocenters. The standard InChI is InChI=1S/C15H23N3O4S/c1-11(2)9-16-15(20)10-18(23(4,21)22)14-7-5-13(6-8-14)17-12(3)19/h5-8,11H,9-10H2,1-4H3,(H,16,20)(H,17,19). The molecule has 0 fully saturated rings. The van der Waals surface area contributed by atoms with Gasteiger partial charge in [-0.1, -0.05) is 13.8 Å². The highest BCUT2D eigenvalue weighted by Gasteiger charge is 2.20. The van der Waals surface area contributed by atoms with Crippen LogP contribution in [0.2, 0.25) is 0 Å². The third kappa shape index (κ3) is 6.68. The molecule has 0 saturated heterocycles. The van der Waals surface area contributed by atoms with E-state index in [1.54, 1.807) is 24.3 Å². The smallest absolute Gasteiger partial charge is 0.240 e. The molecule has 1 aromatic rings. The largest absolute Gasteiger partial charge is 0.354 e. The van der Waals surface area contributed by atoms with Crippen LogP contribution in [0.5, 0.6) is 0 Å². The molecule has 0 aromatic heterocycles. The highest BCUT2D eigenvalue weighted by Crippen LogP contribution is 2.20. The van der Waals surface area contributed by atoms with Gasteiger partial charge in [0, 0.05) is 19.2 Å². The number of hydrogen-bond acceptors (Lipinski definition) is 4. The number of hydrogen-bond donors (Lipinski definition) is 2. The van der Waals surface area contributed by atoms with Crippen LogP contribution in [0.4, 0.5) is 11.4 Å². The summed E-state index contributed by atoms with van der Waals surface area (Å²) in [6.07, 6.45) is 1.05. The average molecular weight is 341 g/mol. The lowest BCUT2D eigenvalue weighted by Crippen LogP contribution is -2.41. The first kappa shape index (κ1) is 19.0. The average Bonchev–Trinajstić information content (AvgIpc) is 2.42. The molecule has 0 heterocycles. The topological polar surface area (TPSA) is 95.6 Å². The summed E-state index contributed by atoms with van der Waals surface area (Å²) >= 11 is 0. The number of carbonyl (C=O) groups is 2. The molecule has 7 nitrogen and oxygen atoms in total. The van der Waals surface area contributed by atoms with Crippen molar-refractivity contribution in [3.63, 3.8) is 0 Å². The molecule has 0 spiro atoms. The van der Waals surface area contributed by atoms with Gasteiger partial charge in [0.1, 0.15) is 6.54 Å². The number of nitrogens with zero attached hydrogens (tertiary/aromatic N) is 1. The maximum absolute atomic E-state index is 11.9. The van der Waals surface area contributed by atoms with Gasteiger partial charge in [0.25, 0.3) is 0 Å². The van der Waals surface area contributed by atoms with Crippen molar-refractivity contribution in [1.82, 2.24) is 5.32 Å². The van der Waals surface area contributed by atoms with Crippen molar-refractivity contribution >= 4 is 33.2 Å². The molecule has 23 heavy (non-hydrogen) atoms. The fourth-order valence-corrected chi connectivity index (χ4v) is 2.68. The second kappa shape index (κ2) is 7.96. The SMILES string of the molecule is CC(=O)Nc1ccc(N(CC(=O)NCC(C)C)S(C)(=O)=O)cc1. The Bertz CT molecular complexity index is 654. The minimum atomic E-state index is -3.60. The van der Waals surface area contributed by atoms with Crippen LogP contribution in [0, 0.1) is 5.92 Å². The lowest BCUT2D eigenvalue weighted by atomic mass is 10.2. The lowest BCUT2D eigenvalue weighted by molar-refractivity contribution is -0.119. The van der Waals surface area contributed by atoms with E-state index in [0.29, 0.717) is 17.9 Å². The minimum absolute atomic E-state index is 0.217. The molecule has 1 rings (SSSR count). The molecule has 0 atom stereocenters. The molecule has 2 amide bonds. The summed E-state index contributed by atoms with van der Waals surface area (Å²) in [7, 11) is -3.60. The maximum atomic E-state index is 11.9. The second-order valence-electron chi connectivity index (χ2n) is 5.70. The van der Waals surface area contributed by atoms with Crippen LogP contribution in [0.3, 0.4) is 0 Å². The zero-order valence-electron chi connectivity index (χ0n) is 13.8. The van der Waals surface area contributed by atoms with Gasteiger partial charge in [0.15, 0.2) is 0 Å². The summed E-state index contributed by atoms with van der Waals surface area (Å²) in [4.78, 5) is 22.9.